The molecule has 0 N–H and O–H groups in total. The zero-order valence-electron chi connectivity index (χ0n) is 11.9. The van der Waals surface area contributed by atoms with Crippen molar-refractivity contribution in [3.63, 3.8) is 0 Å². The molecule has 0 nitrogen and oxygen atoms in total. The first-order chi connectivity index (χ1) is 8.10. The van der Waals surface area contributed by atoms with Crippen LogP contribution in [0.5, 0.6) is 0 Å². The summed E-state index contributed by atoms with van der Waals surface area (Å²) in [4.78, 5) is 0. The molecule has 2 atom stereocenters. The lowest BCUT2D eigenvalue weighted by Crippen LogP contribution is -2.00. The van der Waals surface area contributed by atoms with Crippen LogP contribution in [0.15, 0.2) is 24.0 Å². The minimum Gasteiger partial charge on any atom is -0.179 e. The molecule has 0 aliphatic heterocycles. The number of hydrogen-bond acceptors (Lipinski definition) is 1. The zero-order chi connectivity index (χ0) is 13.1. The van der Waals surface area contributed by atoms with E-state index in [2.05, 4.69) is 64.1 Å². The normalized spacial score (nSPS) is 16.1. The Morgan fingerprint density at radius 2 is 1.94 bits per heavy atom. The van der Waals surface area contributed by atoms with Gasteiger partial charge in [0.1, 0.15) is 0 Å². The molecule has 2 heteroatoms. The molecule has 0 saturated carbocycles. The summed E-state index contributed by atoms with van der Waals surface area (Å²) in [5, 5.41) is 0. The van der Waals surface area contributed by atoms with E-state index in [0.717, 1.165) is 17.6 Å². The molecule has 0 heterocycles. The molecule has 100 valence electrons. The van der Waals surface area contributed by atoms with Gasteiger partial charge in [-0.3, -0.25) is 0 Å². The second-order valence-electron chi connectivity index (χ2n) is 5.15. The Hall–Kier alpha value is 0.260. The third-order valence-electron chi connectivity index (χ3n) is 2.72. The molecule has 0 aromatic rings. The van der Waals surface area contributed by atoms with Crippen LogP contribution in [-0.4, -0.2) is 18.6 Å². The first kappa shape index (κ1) is 17.3. The van der Waals surface area contributed by atoms with E-state index in [-0.39, 0.29) is 7.92 Å². The van der Waals surface area contributed by atoms with Crippen LogP contribution in [0, 0.1) is 11.8 Å². The molecule has 0 aromatic carbocycles. The van der Waals surface area contributed by atoms with Gasteiger partial charge in [-0.2, -0.15) is 12.6 Å². The van der Waals surface area contributed by atoms with Crippen LogP contribution >= 0.6 is 20.6 Å². The maximum Gasteiger partial charge on any atom is -0.00664 e. The molecule has 17 heavy (non-hydrogen) atoms. The molecule has 0 spiro atoms. The molecule has 0 aliphatic rings. The second-order valence-corrected chi connectivity index (χ2v) is 7.69. The van der Waals surface area contributed by atoms with E-state index in [0.29, 0.717) is 0 Å². The summed E-state index contributed by atoms with van der Waals surface area (Å²) in [5.41, 5.74) is 0. The number of thiol groups is 1. The van der Waals surface area contributed by atoms with Crippen LogP contribution < -0.4 is 0 Å². The van der Waals surface area contributed by atoms with Crippen LogP contribution in [-0.2, 0) is 0 Å². The third kappa shape index (κ3) is 11.1. The lowest BCUT2D eigenvalue weighted by atomic mass is 10.0. The molecule has 0 fully saturated rings. The highest BCUT2D eigenvalue weighted by Crippen LogP contribution is 2.34. The van der Waals surface area contributed by atoms with E-state index < -0.39 is 0 Å². The Morgan fingerprint density at radius 3 is 2.47 bits per heavy atom. The molecule has 0 bridgehead atoms. The standard InChI is InChI=1S/C15H29PS/c1-5-6-9-15(13-17)10-7-8-11-16(4)12-14(2)3/h5-6,8,11,14-15,17H,7,9-10,12-13H2,1-4H3/b6-5-,11-8-. The van der Waals surface area contributed by atoms with Gasteiger partial charge in [-0.15, -0.1) is 0 Å². The Balaban J connectivity index is 3.75. The lowest BCUT2D eigenvalue weighted by Gasteiger charge is -2.11. The van der Waals surface area contributed by atoms with Gasteiger partial charge in [0.25, 0.3) is 0 Å². The summed E-state index contributed by atoms with van der Waals surface area (Å²) >= 11 is 4.42. The van der Waals surface area contributed by atoms with Crippen molar-refractivity contribution in [3.8, 4) is 0 Å². The van der Waals surface area contributed by atoms with E-state index in [1.54, 1.807) is 0 Å². The molecule has 0 rings (SSSR count). The van der Waals surface area contributed by atoms with Gasteiger partial charge in [0.15, 0.2) is 0 Å². The molecular weight excluding hydrogens is 243 g/mol. The molecule has 0 aromatic heterocycles. The van der Waals surface area contributed by atoms with Crippen LogP contribution in [0.2, 0.25) is 0 Å². The minimum absolute atomic E-state index is 0.120. The SMILES string of the molecule is C/C=C\CC(CS)CC/C=C\P(C)CC(C)C. The van der Waals surface area contributed by atoms with Gasteiger partial charge in [0, 0.05) is 0 Å². The van der Waals surface area contributed by atoms with Crippen molar-refractivity contribution in [1.29, 1.82) is 0 Å². The summed E-state index contributed by atoms with van der Waals surface area (Å²) in [6.45, 7) is 9.08. The van der Waals surface area contributed by atoms with E-state index in [1.807, 2.05) is 0 Å². The Bertz CT molecular complexity index is 221. The fraction of sp³-hybridized carbons (Fsp3) is 0.733. The fourth-order valence-corrected chi connectivity index (χ4v) is 3.95. The zero-order valence-corrected chi connectivity index (χ0v) is 13.7. The second kappa shape index (κ2) is 11.4. The summed E-state index contributed by atoms with van der Waals surface area (Å²) in [7, 11) is 0.120. The fourth-order valence-electron chi connectivity index (χ4n) is 1.84. The Morgan fingerprint density at radius 1 is 1.24 bits per heavy atom. The Kier molecular flexibility index (Phi) is 11.5. The van der Waals surface area contributed by atoms with Crippen molar-refractivity contribution in [2.45, 2.75) is 40.0 Å². The smallest absolute Gasteiger partial charge is 0.00664 e. The van der Waals surface area contributed by atoms with E-state index in [4.69, 9.17) is 0 Å². The first-order valence-corrected chi connectivity index (χ1v) is 9.36. The van der Waals surface area contributed by atoms with Crippen molar-refractivity contribution in [2.75, 3.05) is 18.6 Å². The Labute approximate surface area is 115 Å². The highest BCUT2D eigenvalue weighted by Gasteiger charge is 2.03. The van der Waals surface area contributed by atoms with Crippen molar-refractivity contribution >= 4 is 20.6 Å². The topological polar surface area (TPSA) is 0 Å². The van der Waals surface area contributed by atoms with Crippen molar-refractivity contribution in [2.24, 2.45) is 11.8 Å². The molecule has 0 saturated heterocycles. The third-order valence-corrected chi connectivity index (χ3v) is 5.26. The number of allylic oxidation sites excluding steroid dienone is 3. The minimum atomic E-state index is 0.120. The maximum absolute atomic E-state index is 4.42. The molecule has 0 aliphatic carbocycles. The summed E-state index contributed by atoms with van der Waals surface area (Å²) in [5.74, 6) is 5.02. The van der Waals surface area contributed by atoms with Crippen molar-refractivity contribution < 1.29 is 0 Å². The molecule has 0 amide bonds. The highest BCUT2D eigenvalue weighted by atomic mass is 32.1. The van der Waals surface area contributed by atoms with Gasteiger partial charge in [-0.25, -0.2) is 0 Å². The molecule has 0 radical (unpaired) electrons. The highest BCUT2D eigenvalue weighted by molar-refractivity contribution is 7.80. The quantitative estimate of drug-likeness (QED) is 0.317. The largest absolute Gasteiger partial charge is 0.179 e. The predicted octanol–water partition coefficient (Wildman–Crippen LogP) is 5.56. The van der Waals surface area contributed by atoms with E-state index in [1.165, 1.54) is 25.4 Å². The van der Waals surface area contributed by atoms with Crippen molar-refractivity contribution in [3.05, 3.63) is 24.0 Å². The molecule has 2 unspecified atom stereocenters. The monoisotopic (exact) mass is 272 g/mol. The predicted molar refractivity (Wildman–Crippen MR) is 87.7 cm³/mol. The van der Waals surface area contributed by atoms with Gasteiger partial charge in [0.05, 0.1) is 0 Å². The summed E-state index contributed by atoms with van der Waals surface area (Å²) in [6, 6.07) is 0. The van der Waals surface area contributed by atoms with E-state index in [9.17, 15) is 0 Å². The summed E-state index contributed by atoms with van der Waals surface area (Å²) < 4.78 is 0. The molecular formula is C15H29PS. The van der Waals surface area contributed by atoms with Gasteiger partial charge in [-0.1, -0.05) is 45.8 Å². The van der Waals surface area contributed by atoms with Crippen LogP contribution in [0.1, 0.15) is 40.0 Å². The van der Waals surface area contributed by atoms with Crippen LogP contribution in [0.4, 0.5) is 0 Å². The summed E-state index contributed by atoms with van der Waals surface area (Å²) in [6.07, 6.45) is 11.8. The van der Waals surface area contributed by atoms with Crippen LogP contribution in [0.25, 0.3) is 0 Å². The lowest BCUT2D eigenvalue weighted by molar-refractivity contribution is 0.557. The average Bonchev–Trinajstić information content (AvgIpc) is 2.27. The number of hydrogen-bond donors (Lipinski definition) is 1. The van der Waals surface area contributed by atoms with E-state index >= 15 is 0 Å². The van der Waals surface area contributed by atoms with Gasteiger partial charge in [-0.05, 0) is 56.6 Å². The van der Waals surface area contributed by atoms with Crippen molar-refractivity contribution in [1.82, 2.24) is 0 Å². The first-order valence-electron chi connectivity index (χ1n) is 6.69. The van der Waals surface area contributed by atoms with Crippen LogP contribution in [0.3, 0.4) is 0 Å². The van der Waals surface area contributed by atoms with Gasteiger partial charge in [0.2, 0.25) is 0 Å². The average molecular weight is 272 g/mol. The van der Waals surface area contributed by atoms with Gasteiger partial charge < -0.3 is 0 Å². The van der Waals surface area contributed by atoms with Gasteiger partial charge >= 0.3 is 0 Å². The number of rotatable bonds is 9. The maximum atomic E-state index is 4.42.